The fraction of sp³-hybridized carbons (Fsp3) is 0.250. The standard InChI is InChI=1S/C8H8FN3O2S/c1-4(13)6-2-5-7(12(6)15-9)8(14)11-3-10-5/h2-4,13H,1H3,(H,10,11,14). The summed E-state index contributed by atoms with van der Waals surface area (Å²) >= 11 is -0.129. The Morgan fingerprint density at radius 2 is 2.47 bits per heavy atom. The molecular formula is C8H8FN3O2S. The summed E-state index contributed by atoms with van der Waals surface area (Å²) in [5.41, 5.74) is 0.347. The molecule has 0 fully saturated rings. The fourth-order valence-corrected chi connectivity index (χ4v) is 1.93. The van der Waals surface area contributed by atoms with E-state index in [0.29, 0.717) is 11.2 Å². The number of halogens is 1. The molecule has 0 saturated heterocycles. The first-order valence-electron chi connectivity index (χ1n) is 4.21. The van der Waals surface area contributed by atoms with E-state index in [1.54, 1.807) is 0 Å². The summed E-state index contributed by atoms with van der Waals surface area (Å²) in [7, 11) is 0. The lowest BCUT2D eigenvalue weighted by Gasteiger charge is -2.04. The summed E-state index contributed by atoms with van der Waals surface area (Å²) in [5, 5.41) is 9.39. The minimum Gasteiger partial charge on any atom is -0.387 e. The Labute approximate surface area is 88.4 Å². The zero-order valence-corrected chi connectivity index (χ0v) is 8.58. The summed E-state index contributed by atoms with van der Waals surface area (Å²) in [6, 6.07) is 1.49. The van der Waals surface area contributed by atoms with E-state index in [1.165, 1.54) is 19.3 Å². The Bertz CT molecular complexity index is 548. The third-order valence-electron chi connectivity index (χ3n) is 2.08. The van der Waals surface area contributed by atoms with E-state index in [1.807, 2.05) is 0 Å². The lowest BCUT2D eigenvalue weighted by Crippen LogP contribution is -2.09. The van der Waals surface area contributed by atoms with Crippen molar-refractivity contribution in [3.05, 3.63) is 28.4 Å². The zero-order chi connectivity index (χ0) is 11.0. The monoisotopic (exact) mass is 229 g/mol. The Morgan fingerprint density at radius 1 is 1.73 bits per heavy atom. The third kappa shape index (κ3) is 1.53. The molecule has 0 aliphatic carbocycles. The summed E-state index contributed by atoms with van der Waals surface area (Å²) in [5.74, 6) is 0. The summed E-state index contributed by atoms with van der Waals surface area (Å²) in [6.45, 7) is 1.50. The van der Waals surface area contributed by atoms with Gasteiger partial charge in [0.15, 0.2) is 12.3 Å². The normalized spacial score (nSPS) is 13.3. The number of hydrogen-bond donors (Lipinski definition) is 2. The van der Waals surface area contributed by atoms with Crippen LogP contribution in [0, 0.1) is 0 Å². The first-order chi connectivity index (χ1) is 7.15. The van der Waals surface area contributed by atoms with Gasteiger partial charge in [0.05, 0.1) is 23.6 Å². The molecule has 0 aliphatic heterocycles. The first-order valence-corrected chi connectivity index (χ1v) is 4.88. The number of hydrogen-bond acceptors (Lipinski definition) is 4. The van der Waals surface area contributed by atoms with Crippen molar-refractivity contribution in [2.75, 3.05) is 0 Å². The molecule has 2 N–H and O–H groups in total. The molecular weight excluding hydrogens is 221 g/mol. The van der Waals surface area contributed by atoms with Crippen LogP contribution in [0.4, 0.5) is 3.89 Å². The van der Waals surface area contributed by atoms with Gasteiger partial charge < -0.3 is 10.1 Å². The largest absolute Gasteiger partial charge is 0.387 e. The molecule has 2 aromatic heterocycles. The second kappa shape index (κ2) is 3.67. The molecule has 0 spiro atoms. The summed E-state index contributed by atoms with van der Waals surface area (Å²) < 4.78 is 13.7. The van der Waals surface area contributed by atoms with Gasteiger partial charge in [0.2, 0.25) is 0 Å². The van der Waals surface area contributed by atoms with Gasteiger partial charge in [0.1, 0.15) is 5.52 Å². The average molecular weight is 229 g/mol. The van der Waals surface area contributed by atoms with E-state index >= 15 is 0 Å². The van der Waals surface area contributed by atoms with Crippen LogP contribution in [0.5, 0.6) is 0 Å². The van der Waals surface area contributed by atoms with Crippen molar-refractivity contribution < 1.29 is 8.99 Å². The third-order valence-corrected chi connectivity index (χ3v) is 2.61. The first kappa shape index (κ1) is 10.2. The molecule has 80 valence electrons. The maximum Gasteiger partial charge on any atom is 0.276 e. The van der Waals surface area contributed by atoms with Gasteiger partial charge >= 0.3 is 0 Å². The Kier molecular flexibility index (Phi) is 2.49. The van der Waals surface area contributed by atoms with Crippen LogP contribution in [0.2, 0.25) is 0 Å². The van der Waals surface area contributed by atoms with Crippen LogP contribution in [-0.2, 0) is 0 Å². The molecule has 0 radical (unpaired) electrons. The average Bonchev–Trinajstić information content (AvgIpc) is 2.57. The topological polar surface area (TPSA) is 70.9 Å². The summed E-state index contributed by atoms with van der Waals surface area (Å²) in [6.07, 6.45) is 0.380. The van der Waals surface area contributed by atoms with E-state index in [4.69, 9.17) is 0 Å². The van der Waals surface area contributed by atoms with Gasteiger partial charge in [-0.05, 0) is 13.0 Å². The van der Waals surface area contributed by atoms with Crippen LogP contribution in [-0.4, -0.2) is 19.0 Å². The minimum atomic E-state index is -0.859. The highest BCUT2D eigenvalue weighted by atomic mass is 32.2. The highest BCUT2D eigenvalue weighted by Gasteiger charge is 2.16. The maximum absolute atomic E-state index is 12.7. The van der Waals surface area contributed by atoms with Crippen LogP contribution in [0.25, 0.3) is 11.0 Å². The van der Waals surface area contributed by atoms with Gasteiger partial charge in [-0.2, -0.15) is 0 Å². The highest BCUT2D eigenvalue weighted by Crippen LogP contribution is 2.25. The number of H-pyrrole nitrogens is 1. The van der Waals surface area contributed by atoms with Crippen molar-refractivity contribution >= 4 is 23.4 Å². The molecule has 0 saturated carbocycles. The minimum absolute atomic E-state index is 0.112. The van der Waals surface area contributed by atoms with Gasteiger partial charge in [-0.15, -0.1) is 3.89 Å². The maximum atomic E-state index is 12.7. The van der Waals surface area contributed by atoms with Crippen molar-refractivity contribution in [1.82, 2.24) is 13.9 Å². The second-order valence-electron chi connectivity index (χ2n) is 3.07. The second-order valence-corrected chi connectivity index (χ2v) is 3.58. The number of fused-ring (bicyclic) bond motifs is 1. The van der Waals surface area contributed by atoms with Gasteiger partial charge in [-0.25, -0.2) is 4.98 Å². The number of aliphatic hydroxyl groups is 1. The van der Waals surface area contributed by atoms with Crippen molar-refractivity contribution in [2.24, 2.45) is 0 Å². The van der Waals surface area contributed by atoms with Crippen LogP contribution in [0.3, 0.4) is 0 Å². The predicted molar refractivity (Wildman–Crippen MR) is 55.1 cm³/mol. The van der Waals surface area contributed by atoms with Gasteiger partial charge in [0.25, 0.3) is 5.56 Å². The van der Waals surface area contributed by atoms with Gasteiger partial charge in [-0.3, -0.25) is 8.77 Å². The molecule has 1 atom stereocenters. The van der Waals surface area contributed by atoms with Crippen LogP contribution in [0.1, 0.15) is 18.7 Å². The van der Waals surface area contributed by atoms with Crippen LogP contribution >= 0.6 is 12.3 Å². The number of aliphatic hydroxyl groups excluding tert-OH is 1. The van der Waals surface area contributed by atoms with Gasteiger partial charge in [0, 0.05) is 0 Å². The van der Waals surface area contributed by atoms with E-state index in [9.17, 15) is 13.8 Å². The molecule has 15 heavy (non-hydrogen) atoms. The van der Waals surface area contributed by atoms with Crippen LogP contribution in [0.15, 0.2) is 17.2 Å². The molecule has 2 rings (SSSR count). The fourth-order valence-electron chi connectivity index (χ4n) is 1.40. The molecule has 1 unspecified atom stereocenters. The number of aromatic nitrogens is 3. The Balaban J connectivity index is 2.86. The van der Waals surface area contributed by atoms with E-state index < -0.39 is 11.7 Å². The van der Waals surface area contributed by atoms with Crippen molar-refractivity contribution in [3.63, 3.8) is 0 Å². The Hall–Kier alpha value is -1.34. The van der Waals surface area contributed by atoms with E-state index in [0.717, 1.165) is 3.97 Å². The molecule has 2 aromatic rings. The highest BCUT2D eigenvalue weighted by molar-refractivity contribution is 7.93. The van der Waals surface area contributed by atoms with E-state index in [2.05, 4.69) is 9.97 Å². The lowest BCUT2D eigenvalue weighted by molar-refractivity contribution is 0.194. The number of nitrogens with one attached hydrogen (secondary N) is 1. The van der Waals surface area contributed by atoms with Crippen molar-refractivity contribution in [3.8, 4) is 0 Å². The van der Waals surface area contributed by atoms with E-state index in [-0.39, 0.29) is 17.9 Å². The number of nitrogens with zero attached hydrogens (tertiary/aromatic N) is 2. The lowest BCUT2D eigenvalue weighted by atomic mass is 10.3. The molecule has 0 amide bonds. The smallest absolute Gasteiger partial charge is 0.276 e. The molecule has 0 aromatic carbocycles. The molecule has 2 heterocycles. The van der Waals surface area contributed by atoms with Crippen molar-refractivity contribution in [1.29, 1.82) is 0 Å². The SMILES string of the molecule is CC(O)c1cc2nc[nH]c(=O)c2n1SF. The number of aromatic amines is 1. The zero-order valence-electron chi connectivity index (χ0n) is 7.77. The Morgan fingerprint density at radius 3 is 3.07 bits per heavy atom. The van der Waals surface area contributed by atoms with Crippen LogP contribution < -0.4 is 5.56 Å². The molecule has 5 nitrogen and oxygen atoms in total. The molecule has 7 heteroatoms. The molecule has 0 bridgehead atoms. The van der Waals surface area contributed by atoms with Crippen molar-refractivity contribution in [2.45, 2.75) is 13.0 Å². The predicted octanol–water partition coefficient (Wildman–Crippen LogP) is 1.16. The quantitative estimate of drug-likeness (QED) is 0.810. The number of rotatable bonds is 2. The summed E-state index contributed by atoms with van der Waals surface area (Å²) in [4.78, 5) is 17.7. The van der Waals surface area contributed by atoms with Gasteiger partial charge in [-0.1, -0.05) is 0 Å². The molecule has 0 aliphatic rings.